The van der Waals surface area contributed by atoms with Gasteiger partial charge in [0.05, 0.1) is 0 Å². The molecule has 2 heteroatoms. The van der Waals surface area contributed by atoms with E-state index in [2.05, 4.69) is 45.0 Å². The summed E-state index contributed by atoms with van der Waals surface area (Å²) in [4.78, 5) is 1.31. The minimum absolute atomic E-state index is 0.293. The summed E-state index contributed by atoms with van der Waals surface area (Å²) in [5, 5.41) is 0.489. The first-order valence-electron chi connectivity index (χ1n) is 5.12. The second-order valence-electron chi connectivity index (χ2n) is 3.71. The van der Waals surface area contributed by atoms with Crippen LogP contribution in [0.1, 0.15) is 25.8 Å². The van der Waals surface area contributed by atoms with Crippen molar-refractivity contribution < 1.29 is 0 Å². The van der Waals surface area contributed by atoms with Crippen LogP contribution in [0.5, 0.6) is 0 Å². The fourth-order valence-electron chi connectivity index (χ4n) is 1.25. The van der Waals surface area contributed by atoms with Crippen LogP contribution >= 0.6 is 11.8 Å². The van der Waals surface area contributed by atoms with Gasteiger partial charge in [-0.05, 0) is 25.5 Å². The average molecular weight is 209 g/mol. The predicted molar refractivity (Wildman–Crippen MR) is 64.8 cm³/mol. The number of aryl methyl sites for hydroxylation is 1. The molecule has 0 saturated heterocycles. The maximum absolute atomic E-state index is 5.97. The standard InChI is InChI=1S/C12H19NS/c1-4-12(13)10(3)14-11-7-5-9(2)6-8-11/h5-8,10,12H,4,13H2,1-3H3. The van der Waals surface area contributed by atoms with E-state index in [1.54, 1.807) is 0 Å². The fourth-order valence-corrected chi connectivity index (χ4v) is 2.34. The van der Waals surface area contributed by atoms with Gasteiger partial charge in [-0.25, -0.2) is 0 Å². The van der Waals surface area contributed by atoms with Crippen LogP contribution < -0.4 is 5.73 Å². The normalized spacial score (nSPS) is 15.1. The van der Waals surface area contributed by atoms with E-state index in [4.69, 9.17) is 5.73 Å². The molecule has 1 aromatic rings. The molecule has 0 fully saturated rings. The van der Waals surface area contributed by atoms with Crippen molar-refractivity contribution in [3.63, 3.8) is 0 Å². The molecule has 0 bridgehead atoms. The molecule has 0 radical (unpaired) electrons. The van der Waals surface area contributed by atoms with E-state index in [1.165, 1.54) is 10.5 Å². The van der Waals surface area contributed by atoms with Crippen LogP contribution in [0.4, 0.5) is 0 Å². The van der Waals surface area contributed by atoms with Crippen molar-refractivity contribution in [2.75, 3.05) is 0 Å². The molecule has 0 aliphatic carbocycles. The van der Waals surface area contributed by atoms with Gasteiger partial charge in [0.25, 0.3) is 0 Å². The molecule has 78 valence electrons. The highest BCUT2D eigenvalue weighted by Crippen LogP contribution is 2.25. The van der Waals surface area contributed by atoms with Gasteiger partial charge in [0.1, 0.15) is 0 Å². The second-order valence-corrected chi connectivity index (χ2v) is 5.16. The summed E-state index contributed by atoms with van der Waals surface area (Å²) < 4.78 is 0. The molecule has 2 N–H and O–H groups in total. The molecule has 0 aromatic heterocycles. The largest absolute Gasteiger partial charge is 0.327 e. The van der Waals surface area contributed by atoms with E-state index in [9.17, 15) is 0 Å². The van der Waals surface area contributed by atoms with Crippen LogP contribution in [0.2, 0.25) is 0 Å². The Balaban J connectivity index is 2.56. The van der Waals surface area contributed by atoms with E-state index < -0.39 is 0 Å². The maximum atomic E-state index is 5.97. The van der Waals surface area contributed by atoms with Crippen molar-refractivity contribution in [1.82, 2.24) is 0 Å². The molecule has 0 saturated carbocycles. The molecule has 14 heavy (non-hydrogen) atoms. The van der Waals surface area contributed by atoms with Gasteiger partial charge in [-0.15, -0.1) is 11.8 Å². The van der Waals surface area contributed by atoms with Gasteiger partial charge >= 0.3 is 0 Å². The summed E-state index contributed by atoms with van der Waals surface area (Å²) in [7, 11) is 0. The van der Waals surface area contributed by atoms with Crippen LogP contribution in [0, 0.1) is 6.92 Å². The van der Waals surface area contributed by atoms with Crippen molar-refractivity contribution >= 4 is 11.8 Å². The smallest absolute Gasteiger partial charge is 0.0217 e. The lowest BCUT2D eigenvalue weighted by Gasteiger charge is -2.17. The van der Waals surface area contributed by atoms with Gasteiger partial charge in [-0.3, -0.25) is 0 Å². The molecule has 0 aliphatic rings. The highest BCUT2D eigenvalue weighted by Gasteiger charge is 2.11. The third kappa shape index (κ3) is 3.35. The topological polar surface area (TPSA) is 26.0 Å². The number of hydrogen-bond acceptors (Lipinski definition) is 2. The van der Waals surface area contributed by atoms with Crippen LogP contribution in [0.15, 0.2) is 29.2 Å². The Morgan fingerprint density at radius 1 is 1.29 bits per heavy atom. The number of hydrogen-bond donors (Lipinski definition) is 1. The molecule has 0 amide bonds. The lowest BCUT2D eigenvalue weighted by molar-refractivity contribution is 0.642. The zero-order valence-electron chi connectivity index (χ0n) is 9.16. The van der Waals surface area contributed by atoms with E-state index >= 15 is 0 Å². The predicted octanol–water partition coefficient (Wildman–Crippen LogP) is 3.21. The zero-order chi connectivity index (χ0) is 10.6. The molecule has 0 aliphatic heterocycles. The highest BCUT2D eigenvalue weighted by molar-refractivity contribution is 8.00. The molecule has 1 aromatic carbocycles. The van der Waals surface area contributed by atoms with Crippen LogP contribution in [0.25, 0.3) is 0 Å². The summed E-state index contributed by atoms with van der Waals surface area (Å²) in [6, 6.07) is 8.91. The first kappa shape index (κ1) is 11.6. The van der Waals surface area contributed by atoms with Crippen molar-refractivity contribution in [3.05, 3.63) is 29.8 Å². The molecule has 0 spiro atoms. The molecule has 2 atom stereocenters. The summed E-state index contributed by atoms with van der Waals surface area (Å²) in [6.45, 7) is 6.44. The first-order chi connectivity index (χ1) is 6.63. The molecule has 1 rings (SSSR count). The SMILES string of the molecule is CCC(N)C(C)Sc1ccc(C)cc1. The Kier molecular flexibility index (Phi) is 4.49. The zero-order valence-corrected chi connectivity index (χ0v) is 9.97. The number of nitrogens with two attached hydrogens (primary N) is 1. The first-order valence-corrected chi connectivity index (χ1v) is 6.00. The van der Waals surface area contributed by atoms with Gasteiger partial charge in [0.15, 0.2) is 0 Å². The Hall–Kier alpha value is -0.470. The minimum atomic E-state index is 0.293. The van der Waals surface area contributed by atoms with Crippen LogP contribution in [-0.2, 0) is 0 Å². The maximum Gasteiger partial charge on any atom is 0.0217 e. The quantitative estimate of drug-likeness (QED) is 0.771. The summed E-state index contributed by atoms with van der Waals surface area (Å²) in [6.07, 6.45) is 1.04. The summed E-state index contributed by atoms with van der Waals surface area (Å²) in [5.41, 5.74) is 7.28. The van der Waals surface area contributed by atoms with E-state index in [1.807, 2.05) is 11.8 Å². The molecule has 1 nitrogen and oxygen atoms in total. The van der Waals surface area contributed by atoms with E-state index in [0.29, 0.717) is 11.3 Å². The second kappa shape index (κ2) is 5.42. The lowest BCUT2D eigenvalue weighted by Crippen LogP contribution is -2.29. The van der Waals surface area contributed by atoms with Gasteiger partial charge in [0, 0.05) is 16.2 Å². The average Bonchev–Trinajstić information content (AvgIpc) is 2.20. The van der Waals surface area contributed by atoms with Crippen molar-refractivity contribution in [2.24, 2.45) is 5.73 Å². The van der Waals surface area contributed by atoms with Crippen LogP contribution in [0.3, 0.4) is 0 Å². The van der Waals surface area contributed by atoms with E-state index in [-0.39, 0.29) is 0 Å². The minimum Gasteiger partial charge on any atom is -0.327 e. The number of benzene rings is 1. The molecular weight excluding hydrogens is 190 g/mol. The van der Waals surface area contributed by atoms with Gasteiger partial charge in [-0.2, -0.15) is 0 Å². The van der Waals surface area contributed by atoms with Crippen molar-refractivity contribution in [1.29, 1.82) is 0 Å². The third-order valence-electron chi connectivity index (χ3n) is 2.42. The Morgan fingerprint density at radius 2 is 1.86 bits per heavy atom. The Bertz CT molecular complexity index is 268. The number of thioether (sulfide) groups is 1. The monoisotopic (exact) mass is 209 g/mol. The molecular formula is C12H19NS. The Morgan fingerprint density at radius 3 is 2.36 bits per heavy atom. The molecule has 2 unspecified atom stereocenters. The van der Waals surface area contributed by atoms with E-state index in [0.717, 1.165) is 6.42 Å². The van der Waals surface area contributed by atoms with Crippen LogP contribution in [-0.4, -0.2) is 11.3 Å². The fraction of sp³-hybridized carbons (Fsp3) is 0.500. The van der Waals surface area contributed by atoms with Gasteiger partial charge in [-0.1, -0.05) is 31.5 Å². The molecule has 0 heterocycles. The summed E-state index contributed by atoms with van der Waals surface area (Å²) in [5.74, 6) is 0. The van der Waals surface area contributed by atoms with Gasteiger partial charge < -0.3 is 5.73 Å². The van der Waals surface area contributed by atoms with Crippen molar-refractivity contribution in [2.45, 2.75) is 43.4 Å². The third-order valence-corrected chi connectivity index (χ3v) is 3.68. The number of rotatable bonds is 4. The Labute approximate surface area is 91.1 Å². The van der Waals surface area contributed by atoms with Crippen molar-refractivity contribution in [3.8, 4) is 0 Å². The summed E-state index contributed by atoms with van der Waals surface area (Å²) >= 11 is 1.86. The highest BCUT2D eigenvalue weighted by atomic mass is 32.2. The van der Waals surface area contributed by atoms with Gasteiger partial charge in [0.2, 0.25) is 0 Å². The lowest BCUT2D eigenvalue weighted by atomic mass is 10.2.